The first-order chi connectivity index (χ1) is 9.97. The van der Waals surface area contributed by atoms with Crippen LogP contribution in [0.2, 0.25) is 0 Å². The minimum Gasteiger partial charge on any atom is -0.318 e. The van der Waals surface area contributed by atoms with Crippen LogP contribution in [0.4, 0.5) is 11.5 Å². The van der Waals surface area contributed by atoms with Gasteiger partial charge in [-0.2, -0.15) is 0 Å². The quantitative estimate of drug-likeness (QED) is 0.832. The van der Waals surface area contributed by atoms with Crippen LogP contribution < -0.4 is 10.6 Å². The summed E-state index contributed by atoms with van der Waals surface area (Å²) in [6.07, 6.45) is 1.56. The Labute approximate surface area is 123 Å². The molecule has 0 fully saturated rings. The number of benzene rings is 1. The normalized spacial score (nSPS) is 10.0. The van der Waals surface area contributed by atoms with Crippen molar-refractivity contribution in [1.82, 2.24) is 4.98 Å². The Balaban J connectivity index is 2.08. The molecule has 0 aliphatic rings. The van der Waals surface area contributed by atoms with Gasteiger partial charge in [0, 0.05) is 11.9 Å². The van der Waals surface area contributed by atoms with Crippen molar-refractivity contribution in [3.8, 4) is 0 Å². The second kappa shape index (κ2) is 6.17. The molecule has 1 aromatic carbocycles. The van der Waals surface area contributed by atoms with Crippen molar-refractivity contribution in [2.45, 2.75) is 20.8 Å². The van der Waals surface area contributed by atoms with Crippen LogP contribution in [0.5, 0.6) is 0 Å². The molecule has 2 rings (SSSR count). The number of aromatic nitrogens is 1. The van der Waals surface area contributed by atoms with Gasteiger partial charge in [0.15, 0.2) is 0 Å². The zero-order chi connectivity index (χ0) is 15.4. The Morgan fingerprint density at radius 3 is 2.38 bits per heavy atom. The second-order valence-electron chi connectivity index (χ2n) is 4.90. The summed E-state index contributed by atoms with van der Waals surface area (Å²) in [5.74, 6) is -1.06. The molecule has 0 saturated heterocycles. The Morgan fingerprint density at radius 2 is 1.67 bits per heavy atom. The van der Waals surface area contributed by atoms with E-state index in [0.717, 1.165) is 16.7 Å². The molecule has 0 atom stereocenters. The fourth-order valence-corrected chi connectivity index (χ4v) is 1.83. The molecule has 108 valence electrons. The molecule has 0 aliphatic heterocycles. The molecule has 21 heavy (non-hydrogen) atoms. The molecule has 0 radical (unpaired) electrons. The van der Waals surface area contributed by atoms with Gasteiger partial charge in [0.1, 0.15) is 5.82 Å². The lowest BCUT2D eigenvalue weighted by Gasteiger charge is -2.10. The van der Waals surface area contributed by atoms with Gasteiger partial charge in [-0.25, -0.2) is 4.98 Å². The van der Waals surface area contributed by atoms with E-state index in [1.54, 1.807) is 12.3 Å². The summed E-state index contributed by atoms with van der Waals surface area (Å²) < 4.78 is 0. The molecule has 5 heteroatoms. The van der Waals surface area contributed by atoms with Crippen LogP contribution in [0.15, 0.2) is 36.5 Å². The van der Waals surface area contributed by atoms with E-state index in [-0.39, 0.29) is 0 Å². The van der Waals surface area contributed by atoms with Gasteiger partial charge in [0.25, 0.3) is 0 Å². The zero-order valence-corrected chi connectivity index (χ0v) is 12.2. The van der Waals surface area contributed by atoms with Crippen molar-refractivity contribution >= 4 is 23.3 Å². The van der Waals surface area contributed by atoms with Gasteiger partial charge in [-0.05, 0) is 49.6 Å². The Morgan fingerprint density at radius 1 is 0.952 bits per heavy atom. The highest BCUT2D eigenvalue weighted by Gasteiger charge is 2.16. The van der Waals surface area contributed by atoms with Crippen LogP contribution >= 0.6 is 0 Å². The topological polar surface area (TPSA) is 71.1 Å². The van der Waals surface area contributed by atoms with Gasteiger partial charge in [-0.1, -0.05) is 18.2 Å². The van der Waals surface area contributed by atoms with Crippen LogP contribution in [0, 0.1) is 20.8 Å². The number of anilines is 2. The maximum Gasteiger partial charge on any atom is 0.315 e. The van der Waals surface area contributed by atoms with E-state index in [1.807, 2.05) is 45.0 Å². The number of hydrogen-bond acceptors (Lipinski definition) is 3. The van der Waals surface area contributed by atoms with Crippen LogP contribution in [0.3, 0.4) is 0 Å². The number of pyridine rings is 1. The highest BCUT2D eigenvalue weighted by molar-refractivity contribution is 6.43. The molecule has 1 aromatic heterocycles. The number of hydrogen-bond donors (Lipinski definition) is 2. The number of amides is 2. The highest BCUT2D eigenvalue weighted by atomic mass is 16.2. The van der Waals surface area contributed by atoms with Crippen LogP contribution in [-0.4, -0.2) is 16.8 Å². The van der Waals surface area contributed by atoms with Crippen molar-refractivity contribution in [3.63, 3.8) is 0 Å². The van der Waals surface area contributed by atoms with E-state index in [9.17, 15) is 9.59 Å². The standard InChI is InChI=1S/C16H17N3O2/c1-10-6-7-11(2)13(9-10)18-15(20)16(21)19-14-12(3)5-4-8-17-14/h4-9H,1-3H3,(H,18,20)(H,17,19,21). The number of nitrogens with zero attached hydrogens (tertiary/aromatic N) is 1. The zero-order valence-electron chi connectivity index (χ0n) is 12.2. The fourth-order valence-electron chi connectivity index (χ4n) is 1.83. The van der Waals surface area contributed by atoms with E-state index >= 15 is 0 Å². The lowest BCUT2D eigenvalue weighted by Crippen LogP contribution is -2.30. The first-order valence-corrected chi connectivity index (χ1v) is 6.58. The highest BCUT2D eigenvalue weighted by Crippen LogP contribution is 2.16. The third-order valence-electron chi connectivity index (χ3n) is 3.09. The molecule has 0 unspecified atom stereocenters. The van der Waals surface area contributed by atoms with E-state index in [0.29, 0.717) is 11.5 Å². The first-order valence-electron chi connectivity index (χ1n) is 6.58. The second-order valence-corrected chi connectivity index (χ2v) is 4.90. The largest absolute Gasteiger partial charge is 0.318 e. The summed E-state index contributed by atoms with van der Waals surface area (Å²) in [6, 6.07) is 9.24. The number of aryl methyl sites for hydroxylation is 3. The predicted octanol–water partition coefficient (Wildman–Crippen LogP) is 2.58. The molecule has 2 amide bonds. The molecular weight excluding hydrogens is 266 g/mol. The monoisotopic (exact) mass is 283 g/mol. The summed E-state index contributed by atoms with van der Waals surface area (Å²) in [4.78, 5) is 27.9. The van der Waals surface area contributed by atoms with Gasteiger partial charge in [0.05, 0.1) is 0 Å². The Bertz CT molecular complexity index is 696. The summed E-state index contributed by atoms with van der Waals surface area (Å²) in [7, 11) is 0. The Kier molecular flexibility index (Phi) is 4.33. The summed E-state index contributed by atoms with van der Waals surface area (Å²) in [5.41, 5.74) is 3.34. The predicted molar refractivity (Wildman–Crippen MR) is 82.1 cm³/mol. The van der Waals surface area contributed by atoms with Gasteiger partial charge < -0.3 is 10.6 Å². The molecular formula is C16H17N3O2. The Hall–Kier alpha value is -2.69. The van der Waals surface area contributed by atoms with Crippen molar-refractivity contribution in [3.05, 3.63) is 53.2 Å². The molecule has 5 nitrogen and oxygen atoms in total. The summed E-state index contributed by atoms with van der Waals surface area (Å²) in [5, 5.41) is 5.11. The maximum absolute atomic E-state index is 11.9. The third kappa shape index (κ3) is 3.66. The van der Waals surface area contributed by atoms with E-state index < -0.39 is 11.8 Å². The van der Waals surface area contributed by atoms with Crippen molar-refractivity contribution < 1.29 is 9.59 Å². The van der Waals surface area contributed by atoms with Crippen molar-refractivity contribution in [1.29, 1.82) is 0 Å². The third-order valence-corrected chi connectivity index (χ3v) is 3.09. The van der Waals surface area contributed by atoms with E-state index in [2.05, 4.69) is 15.6 Å². The lowest BCUT2D eigenvalue weighted by atomic mass is 10.1. The molecule has 0 bridgehead atoms. The maximum atomic E-state index is 11.9. The number of carbonyl (C=O) groups excluding carboxylic acids is 2. The number of nitrogens with one attached hydrogen (secondary N) is 2. The SMILES string of the molecule is Cc1ccc(C)c(NC(=O)C(=O)Nc2ncccc2C)c1. The lowest BCUT2D eigenvalue weighted by molar-refractivity contribution is -0.133. The molecule has 0 aliphatic carbocycles. The molecule has 0 saturated carbocycles. The molecule has 2 N–H and O–H groups in total. The van der Waals surface area contributed by atoms with E-state index in [4.69, 9.17) is 0 Å². The minimum absolute atomic E-state index is 0.388. The van der Waals surface area contributed by atoms with Crippen molar-refractivity contribution in [2.24, 2.45) is 0 Å². The molecule has 1 heterocycles. The van der Waals surface area contributed by atoms with E-state index in [1.165, 1.54) is 0 Å². The molecule has 2 aromatic rings. The minimum atomic E-state index is -0.738. The van der Waals surface area contributed by atoms with Gasteiger partial charge in [-0.3, -0.25) is 9.59 Å². The average molecular weight is 283 g/mol. The van der Waals surface area contributed by atoms with Crippen LogP contribution in [-0.2, 0) is 9.59 Å². The number of rotatable bonds is 2. The van der Waals surface area contributed by atoms with Gasteiger partial charge in [0.2, 0.25) is 0 Å². The van der Waals surface area contributed by atoms with Crippen LogP contribution in [0.25, 0.3) is 0 Å². The summed E-state index contributed by atoms with van der Waals surface area (Å²) >= 11 is 0. The van der Waals surface area contributed by atoms with Crippen molar-refractivity contribution in [2.75, 3.05) is 10.6 Å². The first kappa shape index (κ1) is 14.7. The molecule has 0 spiro atoms. The smallest absolute Gasteiger partial charge is 0.315 e. The number of carbonyl (C=O) groups is 2. The summed E-state index contributed by atoms with van der Waals surface area (Å²) in [6.45, 7) is 5.60. The van der Waals surface area contributed by atoms with Crippen LogP contribution in [0.1, 0.15) is 16.7 Å². The van der Waals surface area contributed by atoms with Gasteiger partial charge >= 0.3 is 11.8 Å². The fraction of sp³-hybridized carbons (Fsp3) is 0.188. The average Bonchev–Trinajstić information content (AvgIpc) is 2.45. The van der Waals surface area contributed by atoms with Gasteiger partial charge in [-0.15, -0.1) is 0 Å².